The number of hydrogen-bond acceptors (Lipinski definition) is 3. The highest BCUT2D eigenvalue weighted by Crippen LogP contribution is 2.19. The molecule has 0 radical (unpaired) electrons. The number of carbonyl (C=O) groups is 1. The monoisotopic (exact) mass is 298 g/mol. The second kappa shape index (κ2) is 8.08. The largest absolute Gasteiger partial charge is 0.491 e. The summed E-state index contributed by atoms with van der Waals surface area (Å²) in [6, 6.07) is 17.3. The molecular formula is C18H22N2O2. The third kappa shape index (κ3) is 4.81. The van der Waals surface area contributed by atoms with Gasteiger partial charge in [0.1, 0.15) is 5.75 Å². The zero-order valence-electron chi connectivity index (χ0n) is 12.8. The highest BCUT2D eigenvalue weighted by Gasteiger charge is 2.09. The van der Waals surface area contributed by atoms with Crippen molar-refractivity contribution in [3.63, 3.8) is 0 Å². The molecule has 1 unspecified atom stereocenters. The summed E-state index contributed by atoms with van der Waals surface area (Å²) in [6.45, 7) is 2.45. The molecule has 0 aliphatic heterocycles. The first-order chi connectivity index (χ1) is 10.7. The maximum absolute atomic E-state index is 11.9. The van der Waals surface area contributed by atoms with Crippen LogP contribution in [0, 0.1) is 0 Å². The van der Waals surface area contributed by atoms with Crippen LogP contribution in [0.1, 0.15) is 31.4 Å². The highest BCUT2D eigenvalue weighted by atomic mass is 16.5. The Morgan fingerprint density at radius 3 is 2.55 bits per heavy atom. The predicted octanol–water partition coefficient (Wildman–Crippen LogP) is 3.31. The number of carbonyl (C=O) groups excluding carboxylic acids is 1. The van der Waals surface area contributed by atoms with E-state index in [-0.39, 0.29) is 11.9 Å². The maximum atomic E-state index is 11.9. The topological polar surface area (TPSA) is 64.3 Å². The molecule has 116 valence electrons. The number of nitrogens with two attached hydrogens (primary N) is 1. The van der Waals surface area contributed by atoms with E-state index in [1.807, 2.05) is 55.5 Å². The average molecular weight is 298 g/mol. The molecule has 1 atom stereocenters. The van der Waals surface area contributed by atoms with Gasteiger partial charge >= 0.3 is 0 Å². The van der Waals surface area contributed by atoms with E-state index in [2.05, 4.69) is 5.32 Å². The number of rotatable bonds is 7. The van der Waals surface area contributed by atoms with Gasteiger partial charge in [0, 0.05) is 6.42 Å². The van der Waals surface area contributed by atoms with Gasteiger partial charge in [0.25, 0.3) is 0 Å². The van der Waals surface area contributed by atoms with Crippen molar-refractivity contribution >= 4 is 11.6 Å². The third-order valence-electron chi connectivity index (χ3n) is 3.40. The Hall–Kier alpha value is -2.49. The molecule has 22 heavy (non-hydrogen) atoms. The van der Waals surface area contributed by atoms with Crippen LogP contribution in [0.15, 0.2) is 54.6 Å². The van der Waals surface area contributed by atoms with Crippen LogP contribution in [0.4, 0.5) is 5.69 Å². The van der Waals surface area contributed by atoms with Crippen LogP contribution in [0.5, 0.6) is 5.75 Å². The van der Waals surface area contributed by atoms with E-state index in [9.17, 15) is 4.79 Å². The minimum atomic E-state index is 0.0133. The summed E-state index contributed by atoms with van der Waals surface area (Å²) in [5, 5.41) is 2.99. The van der Waals surface area contributed by atoms with Crippen LogP contribution < -0.4 is 15.8 Å². The molecule has 3 N–H and O–H groups in total. The molecule has 0 aliphatic rings. The number of nitrogens with one attached hydrogen (secondary N) is 1. The van der Waals surface area contributed by atoms with Gasteiger partial charge in [-0.05, 0) is 31.0 Å². The van der Waals surface area contributed by atoms with Crippen LogP contribution in [0.3, 0.4) is 0 Å². The minimum absolute atomic E-state index is 0.0133. The SMILES string of the molecule is CC(NC(=O)CCCOc1ccccc1N)c1ccccc1. The van der Waals surface area contributed by atoms with E-state index >= 15 is 0 Å². The lowest BCUT2D eigenvalue weighted by Gasteiger charge is -2.14. The summed E-state index contributed by atoms with van der Waals surface area (Å²) in [4.78, 5) is 11.9. The van der Waals surface area contributed by atoms with Crippen molar-refractivity contribution in [1.82, 2.24) is 5.32 Å². The number of nitrogen functional groups attached to an aromatic ring is 1. The van der Waals surface area contributed by atoms with Crippen LogP contribution in [0.2, 0.25) is 0 Å². The quantitative estimate of drug-likeness (QED) is 0.609. The molecule has 4 heteroatoms. The first-order valence-corrected chi connectivity index (χ1v) is 7.48. The Morgan fingerprint density at radius 2 is 1.82 bits per heavy atom. The summed E-state index contributed by atoms with van der Waals surface area (Å²) in [6.07, 6.45) is 1.09. The van der Waals surface area contributed by atoms with Gasteiger partial charge in [-0.2, -0.15) is 0 Å². The Kier molecular flexibility index (Phi) is 5.83. The van der Waals surface area contributed by atoms with Crippen LogP contribution in [-0.4, -0.2) is 12.5 Å². The molecule has 2 aromatic carbocycles. The summed E-state index contributed by atoms with van der Waals surface area (Å²) in [5.74, 6) is 0.696. The van der Waals surface area contributed by atoms with Gasteiger partial charge in [0.05, 0.1) is 18.3 Å². The Labute approximate surface area is 131 Å². The summed E-state index contributed by atoms with van der Waals surface area (Å²) in [5.41, 5.74) is 7.51. The van der Waals surface area contributed by atoms with Crippen molar-refractivity contribution in [2.24, 2.45) is 0 Å². The zero-order chi connectivity index (χ0) is 15.8. The molecule has 0 bridgehead atoms. The van der Waals surface area contributed by atoms with Gasteiger partial charge in [-0.1, -0.05) is 42.5 Å². The van der Waals surface area contributed by atoms with E-state index in [0.717, 1.165) is 5.56 Å². The van der Waals surface area contributed by atoms with Gasteiger partial charge in [0.2, 0.25) is 5.91 Å². The molecule has 0 spiro atoms. The normalized spacial score (nSPS) is 11.7. The third-order valence-corrected chi connectivity index (χ3v) is 3.40. The fourth-order valence-corrected chi connectivity index (χ4v) is 2.17. The molecule has 0 aliphatic carbocycles. The molecule has 0 heterocycles. The second-order valence-corrected chi connectivity index (χ2v) is 5.19. The van der Waals surface area contributed by atoms with Gasteiger partial charge < -0.3 is 15.8 Å². The predicted molar refractivity (Wildman–Crippen MR) is 88.6 cm³/mol. The minimum Gasteiger partial charge on any atom is -0.491 e. The molecular weight excluding hydrogens is 276 g/mol. The molecule has 1 amide bonds. The molecule has 0 saturated carbocycles. The first kappa shape index (κ1) is 15.9. The lowest BCUT2D eigenvalue weighted by atomic mass is 10.1. The molecule has 2 rings (SSSR count). The number of para-hydroxylation sites is 2. The summed E-state index contributed by atoms with van der Waals surface area (Å²) in [7, 11) is 0. The van der Waals surface area contributed by atoms with E-state index < -0.39 is 0 Å². The number of amides is 1. The van der Waals surface area contributed by atoms with Crippen molar-refractivity contribution in [3.8, 4) is 5.75 Å². The lowest BCUT2D eigenvalue weighted by molar-refractivity contribution is -0.121. The highest BCUT2D eigenvalue weighted by molar-refractivity contribution is 5.76. The number of hydrogen-bond donors (Lipinski definition) is 2. The smallest absolute Gasteiger partial charge is 0.220 e. The van der Waals surface area contributed by atoms with Gasteiger partial charge in [-0.25, -0.2) is 0 Å². The average Bonchev–Trinajstić information content (AvgIpc) is 2.54. The Bertz CT molecular complexity index is 599. The van der Waals surface area contributed by atoms with Crippen molar-refractivity contribution < 1.29 is 9.53 Å². The summed E-state index contributed by atoms with van der Waals surface area (Å²) < 4.78 is 5.57. The lowest BCUT2D eigenvalue weighted by Crippen LogP contribution is -2.26. The first-order valence-electron chi connectivity index (χ1n) is 7.48. The van der Waals surface area contributed by atoms with Crippen molar-refractivity contribution in [1.29, 1.82) is 0 Å². The molecule has 0 aromatic heterocycles. The van der Waals surface area contributed by atoms with E-state index in [1.165, 1.54) is 0 Å². The van der Waals surface area contributed by atoms with E-state index in [1.54, 1.807) is 6.07 Å². The summed E-state index contributed by atoms with van der Waals surface area (Å²) >= 11 is 0. The van der Waals surface area contributed by atoms with Gasteiger partial charge in [-0.3, -0.25) is 4.79 Å². The van der Waals surface area contributed by atoms with E-state index in [4.69, 9.17) is 10.5 Å². The number of anilines is 1. The number of ether oxygens (including phenoxy) is 1. The van der Waals surface area contributed by atoms with Crippen LogP contribution >= 0.6 is 0 Å². The van der Waals surface area contributed by atoms with E-state index in [0.29, 0.717) is 30.9 Å². The molecule has 0 fully saturated rings. The van der Waals surface area contributed by atoms with Gasteiger partial charge in [-0.15, -0.1) is 0 Å². The standard InChI is InChI=1S/C18H22N2O2/c1-14(15-8-3-2-4-9-15)20-18(21)12-7-13-22-17-11-6-5-10-16(17)19/h2-6,8-11,14H,7,12-13,19H2,1H3,(H,20,21). The molecule has 2 aromatic rings. The van der Waals surface area contributed by atoms with Crippen LogP contribution in [0.25, 0.3) is 0 Å². The van der Waals surface area contributed by atoms with Gasteiger partial charge in [0.15, 0.2) is 0 Å². The number of benzene rings is 2. The van der Waals surface area contributed by atoms with Crippen molar-refractivity contribution in [2.75, 3.05) is 12.3 Å². The van der Waals surface area contributed by atoms with Crippen molar-refractivity contribution in [3.05, 3.63) is 60.2 Å². The molecule has 0 saturated heterocycles. The fraction of sp³-hybridized carbons (Fsp3) is 0.278. The van der Waals surface area contributed by atoms with Crippen LogP contribution in [-0.2, 0) is 4.79 Å². The zero-order valence-corrected chi connectivity index (χ0v) is 12.8. The Morgan fingerprint density at radius 1 is 1.14 bits per heavy atom. The van der Waals surface area contributed by atoms with Crippen molar-refractivity contribution in [2.45, 2.75) is 25.8 Å². The fourth-order valence-electron chi connectivity index (χ4n) is 2.17. The maximum Gasteiger partial charge on any atom is 0.220 e. The Balaban J connectivity index is 1.69. The second-order valence-electron chi connectivity index (χ2n) is 5.19. The molecule has 4 nitrogen and oxygen atoms in total.